The van der Waals surface area contributed by atoms with Crippen LogP contribution in [-0.4, -0.2) is 15.5 Å². The topological polar surface area (TPSA) is 67.2 Å². The molecule has 0 aromatic heterocycles. The molecule has 0 aliphatic rings. The van der Waals surface area contributed by atoms with Gasteiger partial charge in [0.2, 0.25) is 9.84 Å². The molecule has 0 heterocycles. The number of hydrogen-bond donors (Lipinski definition) is 0. The van der Waals surface area contributed by atoms with Gasteiger partial charge in [-0.15, -0.1) is 0 Å². The van der Waals surface area contributed by atoms with Gasteiger partial charge in [0.05, 0.1) is 12.0 Å². The molecule has 23 heavy (non-hydrogen) atoms. The SMILES string of the molecule is COc1ccccc1/C=C(\C#N)S(=O)(=O)c1cc(Br)ccc1Br. The Hall–Kier alpha value is -1.62. The molecule has 7 heteroatoms. The maximum absolute atomic E-state index is 12.8. The first-order valence-electron chi connectivity index (χ1n) is 6.35. The van der Waals surface area contributed by atoms with Crippen LogP contribution in [-0.2, 0) is 9.84 Å². The van der Waals surface area contributed by atoms with Gasteiger partial charge in [-0.3, -0.25) is 0 Å². The molecule has 0 fully saturated rings. The molecule has 0 unspecified atom stereocenters. The van der Waals surface area contributed by atoms with Crippen LogP contribution in [0.5, 0.6) is 5.75 Å². The van der Waals surface area contributed by atoms with Crippen molar-refractivity contribution in [2.45, 2.75) is 4.90 Å². The predicted molar refractivity (Wildman–Crippen MR) is 95.6 cm³/mol. The summed E-state index contributed by atoms with van der Waals surface area (Å²) < 4.78 is 31.7. The Bertz CT molecular complexity index is 915. The second kappa shape index (κ2) is 7.30. The number of para-hydroxylation sites is 1. The molecule has 2 aromatic rings. The lowest BCUT2D eigenvalue weighted by Crippen LogP contribution is -2.05. The van der Waals surface area contributed by atoms with Gasteiger partial charge in [-0.05, 0) is 46.3 Å². The molecule has 0 aliphatic heterocycles. The minimum Gasteiger partial charge on any atom is -0.496 e. The largest absolute Gasteiger partial charge is 0.496 e. The fourth-order valence-electron chi connectivity index (χ4n) is 1.90. The normalized spacial score (nSPS) is 11.8. The van der Waals surface area contributed by atoms with Crippen LogP contribution < -0.4 is 4.74 Å². The zero-order valence-electron chi connectivity index (χ0n) is 12.0. The minimum atomic E-state index is -3.96. The van der Waals surface area contributed by atoms with E-state index in [4.69, 9.17) is 4.74 Å². The molecule has 2 rings (SSSR count). The highest BCUT2D eigenvalue weighted by Crippen LogP contribution is 2.31. The molecule has 0 atom stereocenters. The van der Waals surface area contributed by atoms with E-state index in [2.05, 4.69) is 31.9 Å². The van der Waals surface area contributed by atoms with Crippen LogP contribution >= 0.6 is 31.9 Å². The molecule has 0 amide bonds. The highest BCUT2D eigenvalue weighted by atomic mass is 79.9. The zero-order valence-corrected chi connectivity index (χ0v) is 15.9. The quantitative estimate of drug-likeness (QED) is 0.632. The van der Waals surface area contributed by atoms with Gasteiger partial charge in [0, 0.05) is 14.5 Å². The Morgan fingerprint density at radius 1 is 1.22 bits per heavy atom. The average molecular weight is 457 g/mol. The predicted octanol–water partition coefficient (Wildman–Crippen LogP) is 4.56. The van der Waals surface area contributed by atoms with E-state index in [-0.39, 0.29) is 9.80 Å². The summed E-state index contributed by atoms with van der Waals surface area (Å²) in [6.45, 7) is 0. The summed E-state index contributed by atoms with van der Waals surface area (Å²) >= 11 is 6.46. The summed E-state index contributed by atoms with van der Waals surface area (Å²) in [6, 6.07) is 13.4. The van der Waals surface area contributed by atoms with Crippen molar-refractivity contribution >= 4 is 47.8 Å². The van der Waals surface area contributed by atoms with Gasteiger partial charge in [-0.2, -0.15) is 5.26 Å². The molecule has 0 saturated carbocycles. The number of rotatable bonds is 4. The number of nitriles is 1. The number of allylic oxidation sites excluding steroid dienone is 1. The van der Waals surface area contributed by atoms with Gasteiger partial charge in [0.1, 0.15) is 16.7 Å². The van der Waals surface area contributed by atoms with Crippen molar-refractivity contribution < 1.29 is 13.2 Å². The molecule has 0 spiro atoms. The summed E-state index contributed by atoms with van der Waals surface area (Å²) in [5.74, 6) is 0.490. The third-order valence-corrected chi connectivity index (χ3v) is 6.16. The van der Waals surface area contributed by atoms with Crippen molar-refractivity contribution in [3.05, 3.63) is 61.9 Å². The molecule has 118 valence electrons. The van der Waals surface area contributed by atoms with Gasteiger partial charge in [-0.1, -0.05) is 34.1 Å². The first kappa shape index (κ1) is 17.7. The molecule has 4 nitrogen and oxygen atoms in total. The van der Waals surface area contributed by atoms with Crippen molar-refractivity contribution in [1.29, 1.82) is 5.26 Å². The summed E-state index contributed by atoms with van der Waals surface area (Å²) in [5.41, 5.74) is 0.515. The third-order valence-electron chi connectivity index (χ3n) is 3.01. The number of ether oxygens (including phenoxy) is 1. The van der Waals surface area contributed by atoms with Crippen molar-refractivity contribution in [3.8, 4) is 11.8 Å². The van der Waals surface area contributed by atoms with Crippen LogP contribution in [0, 0.1) is 11.3 Å². The lowest BCUT2D eigenvalue weighted by molar-refractivity contribution is 0.414. The summed E-state index contributed by atoms with van der Waals surface area (Å²) in [6.07, 6.45) is 1.31. The molecule has 0 bridgehead atoms. The van der Waals surface area contributed by atoms with E-state index >= 15 is 0 Å². The summed E-state index contributed by atoms with van der Waals surface area (Å²) in [4.78, 5) is -0.338. The van der Waals surface area contributed by atoms with E-state index in [0.29, 0.717) is 20.3 Å². The number of nitrogens with zero attached hydrogens (tertiary/aromatic N) is 1. The Morgan fingerprint density at radius 2 is 1.91 bits per heavy atom. The van der Waals surface area contributed by atoms with Crippen molar-refractivity contribution in [3.63, 3.8) is 0 Å². The smallest absolute Gasteiger partial charge is 0.217 e. The van der Waals surface area contributed by atoms with Crippen LogP contribution in [0.2, 0.25) is 0 Å². The first-order valence-corrected chi connectivity index (χ1v) is 9.42. The molecule has 0 saturated heterocycles. The van der Waals surface area contributed by atoms with E-state index in [1.165, 1.54) is 19.3 Å². The molecule has 0 N–H and O–H groups in total. The third kappa shape index (κ3) is 3.83. The Kier molecular flexibility index (Phi) is 5.63. The van der Waals surface area contributed by atoms with Crippen molar-refractivity contribution in [2.75, 3.05) is 7.11 Å². The van der Waals surface area contributed by atoms with E-state index in [1.807, 2.05) is 0 Å². The molecule has 2 aromatic carbocycles. The van der Waals surface area contributed by atoms with Crippen molar-refractivity contribution in [2.24, 2.45) is 0 Å². The zero-order chi connectivity index (χ0) is 17.0. The van der Waals surface area contributed by atoms with E-state index in [1.54, 1.807) is 42.5 Å². The lowest BCUT2D eigenvalue weighted by Gasteiger charge is -2.08. The van der Waals surface area contributed by atoms with Crippen LogP contribution in [0.25, 0.3) is 6.08 Å². The van der Waals surface area contributed by atoms with Gasteiger partial charge >= 0.3 is 0 Å². The number of sulfone groups is 1. The van der Waals surface area contributed by atoms with Crippen LogP contribution in [0.1, 0.15) is 5.56 Å². The second-order valence-electron chi connectivity index (χ2n) is 4.44. The Morgan fingerprint density at radius 3 is 2.57 bits per heavy atom. The van der Waals surface area contributed by atoms with Gasteiger partial charge in [0.25, 0.3) is 0 Å². The van der Waals surface area contributed by atoms with E-state index in [0.717, 1.165) is 0 Å². The first-order chi connectivity index (χ1) is 10.9. The van der Waals surface area contributed by atoms with Gasteiger partial charge in [0.15, 0.2) is 0 Å². The van der Waals surface area contributed by atoms with Gasteiger partial charge in [-0.25, -0.2) is 8.42 Å². The number of benzene rings is 2. The summed E-state index contributed by atoms with van der Waals surface area (Å²) in [5, 5.41) is 9.34. The fourth-order valence-corrected chi connectivity index (χ4v) is 4.54. The molecular formula is C16H11Br2NO3S. The van der Waals surface area contributed by atoms with Crippen LogP contribution in [0.15, 0.2) is 61.2 Å². The molecule has 0 aliphatic carbocycles. The maximum Gasteiger partial charge on any atom is 0.217 e. The lowest BCUT2D eigenvalue weighted by atomic mass is 10.2. The molecular weight excluding hydrogens is 446 g/mol. The summed E-state index contributed by atoms with van der Waals surface area (Å²) in [7, 11) is -2.48. The van der Waals surface area contributed by atoms with Crippen molar-refractivity contribution in [1.82, 2.24) is 0 Å². The number of methoxy groups -OCH3 is 1. The number of hydrogen-bond acceptors (Lipinski definition) is 4. The Balaban J connectivity index is 2.63. The number of halogens is 2. The van der Waals surface area contributed by atoms with Crippen LogP contribution in [0.3, 0.4) is 0 Å². The Labute approximate surface area is 151 Å². The monoisotopic (exact) mass is 455 g/mol. The second-order valence-corrected chi connectivity index (χ2v) is 8.10. The minimum absolute atomic E-state index is 0.0228. The average Bonchev–Trinajstić information content (AvgIpc) is 2.54. The highest BCUT2D eigenvalue weighted by molar-refractivity contribution is 9.11. The van der Waals surface area contributed by atoms with E-state index < -0.39 is 9.84 Å². The standard InChI is InChI=1S/C16H11Br2NO3S/c1-22-15-5-3-2-4-11(15)8-13(10-19)23(20,21)16-9-12(17)6-7-14(16)18/h2-9H,1H3/b13-8+. The highest BCUT2D eigenvalue weighted by Gasteiger charge is 2.24. The maximum atomic E-state index is 12.8. The van der Waals surface area contributed by atoms with E-state index in [9.17, 15) is 13.7 Å². The van der Waals surface area contributed by atoms with Gasteiger partial charge < -0.3 is 4.74 Å². The molecule has 0 radical (unpaired) electrons. The van der Waals surface area contributed by atoms with Crippen LogP contribution in [0.4, 0.5) is 0 Å². The fraction of sp³-hybridized carbons (Fsp3) is 0.0625.